The van der Waals surface area contributed by atoms with Gasteiger partial charge >= 0.3 is 0 Å². The number of benzene rings is 1. The van der Waals surface area contributed by atoms with E-state index in [0.29, 0.717) is 31.2 Å². The average Bonchev–Trinajstić information content (AvgIpc) is 3.14. The summed E-state index contributed by atoms with van der Waals surface area (Å²) in [4.78, 5) is 6.23. The molecule has 3 heterocycles. The van der Waals surface area contributed by atoms with Gasteiger partial charge in [0.1, 0.15) is 0 Å². The Morgan fingerprint density at radius 3 is 2.17 bits per heavy atom. The summed E-state index contributed by atoms with van der Waals surface area (Å²) in [6.07, 6.45) is 4.75. The molecule has 0 amide bonds. The first-order valence-corrected chi connectivity index (χ1v) is 11.1. The van der Waals surface area contributed by atoms with Crippen LogP contribution >= 0.6 is 11.6 Å². The molecule has 0 radical (unpaired) electrons. The molecule has 0 bridgehead atoms. The zero-order valence-electron chi connectivity index (χ0n) is 15.8. The number of pyridine rings is 1. The summed E-state index contributed by atoms with van der Waals surface area (Å²) in [5.41, 5.74) is 3.83. The molecule has 1 aromatic carbocycles. The summed E-state index contributed by atoms with van der Waals surface area (Å²) in [6, 6.07) is 11.5. The molecule has 0 spiro atoms. The topological polar surface area (TPSA) is 114 Å². The number of aromatic amines is 1. The maximum atomic E-state index is 11.8. The van der Waals surface area contributed by atoms with Gasteiger partial charge in [-0.15, -0.1) is 0 Å². The van der Waals surface area contributed by atoms with Crippen LogP contribution in [0.25, 0.3) is 22.4 Å². The quantitative estimate of drug-likeness (QED) is 0.673. The van der Waals surface area contributed by atoms with E-state index < -0.39 is 10.0 Å². The minimum Gasteiger partial charge on any atom is -0.412 e. The molecular formula is C19H22ClN5O3S. The summed E-state index contributed by atoms with van der Waals surface area (Å²) in [5, 5.41) is 8.41. The fraction of sp³-hybridized carbons (Fsp3) is 0.263. The molecule has 1 aliphatic rings. The van der Waals surface area contributed by atoms with Crippen LogP contribution in [0.5, 0.6) is 0 Å². The SMILES string of the molecule is CS(=O)(=O)N1CCN(c2n[nH]c(-c3ccc(Cl)cc3)c2-c2ccncc2)CC1.O. The predicted octanol–water partition coefficient (Wildman–Crippen LogP) is 2.05. The summed E-state index contributed by atoms with van der Waals surface area (Å²) in [7, 11) is -3.18. The number of anilines is 1. The van der Waals surface area contributed by atoms with Gasteiger partial charge in [-0.1, -0.05) is 23.7 Å². The normalized spacial score (nSPS) is 15.2. The van der Waals surface area contributed by atoms with Gasteiger partial charge in [-0.25, -0.2) is 8.42 Å². The first-order chi connectivity index (χ1) is 13.4. The number of nitrogens with one attached hydrogen (secondary N) is 1. The third kappa shape index (κ3) is 4.43. The van der Waals surface area contributed by atoms with Crippen LogP contribution in [0.4, 0.5) is 5.82 Å². The van der Waals surface area contributed by atoms with Crippen LogP contribution in [0.15, 0.2) is 48.8 Å². The van der Waals surface area contributed by atoms with Crippen LogP contribution in [0.3, 0.4) is 0 Å². The first-order valence-electron chi connectivity index (χ1n) is 8.88. The van der Waals surface area contributed by atoms with E-state index in [4.69, 9.17) is 11.6 Å². The number of aromatic nitrogens is 3. The lowest BCUT2D eigenvalue weighted by molar-refractivity contribution is 0.387. The van der Waals surface area contributed by atoms with Gasteiger partial charge in [-0.2, -0.15) is 9.40 Å². The predicted molar refractivity (Wildman–Crippen MR) is 115 cm³/mol. The number of sulfonamides is 1. The van der Waals surface area contributed by atoms with Crippen molar-refractivity contribution in [3.05, 3.63) is 53.8 Å². The van der Waals surface area contributed by atoms with Crippen LogP contribution in [-0.4, -0.2) is 65.8 Å². The molecule has 3 aromatic rings. The second kappa shape index (κ2) is 8.50. The molecule has 29 heavy (non-hydrogen) atoms. The third-order valence-corrected chi connectivity index (χ3v) is 6.41. The molecule has 3 N–H and O–H groups in total. The molecule has 8 nitrogen and oxygen atoms in total. The molecule has 0 saturated carbocycles. The molecule has 0 aliphatic carbocycles. The highest BCUT2D eigenvalue weighted by Gasteiger charge is 2.27. The van der Waals surface area contributed by atoms with Crippen molar-refractivity contribution in [3.8, 4) is 22.4 Å². The molecule has 0 atom stereocenters. The fourth-order valence-electron chi connectivity index (χ4n) is 3.41. The van der Waals surface area contributed by atoms with Gasteiger partial charge in [0, 0.05) is 49.2 Å². The summed E-state index contributed by atoms with van der Waals surface area (Å²) >= 11 is 6.04. The van der Waals surface area contributed by atoms with Crippen molar-refractivity contribution in [2.45, 2.75) is 0 Å². The number of halogens is 1. The van der Waals surface area contributed by atoms with Crippen molar-refractivity contribution < 1.29 is 13.9 Å². The van der Waals surface area contributed by atoms with Gasteiger partial charge in [-0.05, 0) is 29.8 Å². The number of hydrogen-bond acceptors (Lipinski definition) is 5. The van der Waals surface area contributed by atoms with Crippen molar-refractivity contribution in [3.63, 3.8) is 0 Å². The monoisotopic (exact) mass is 435 g/mol. The maximum absolute atomic E-state index is 11.8. The second-order valence-corrected chi connectivity index (χ2v) is 9.11. The Hall–Kier alpha value is -2.46. The highest BCUT2D eigenvalue weighted by atomic mass is 35.5. The van der Waals surface area contributed by atoms with E-state index in [1.807, 2.05) is 36.4 Å². The van der Waals surface area contributed by atoms with E-state index in [9.17, 15) is 8.42 Å². The Balaban J connectivity index is 0.00000240. The van der Waals surface area contributed by atoms with Gasteiger partial charge in [0.2, 0.25) is 10.0 Å². The molecule has 154 valence electrons. The average molecular weight is 436 g/mol. The Morgan fingerprint density at radius 2 is 1.59 bits per heavy atom. The number of nitrogens with zero attached hydrogens (tertiary/aromatic N) is 4. The number of rotatable bonds is 4. The van der Waals surface area contributed by atoms with Crippen LogP contribution < -0.4 is 4.90 Å². The van der Waals surface area contributed by atoms with Crippen LogP contribution in [0.1, 0.15) is 0 Å². The van der Waals surface area contributed by atoms with E-state index in [2.05, 4.69) is 20.1 Å². The van der Waals surface area contributed by atoms with Gasteiger partial charge in [0.05, 0.1) is 17.5 Å². The lowest BCUT2D eigenvalue weighted by Crippen LogP contribution is -2.48. The Labute approximate surface area is 174 Å². The Kier molecular flexibility index (Phi) is 6.23. The van der Waals surface area contributed by atoms with Crippen molar-refractivity contribution in [2.24, 2.45) is 0 Å². The van der Waals surface area contributed by atoms with Crippen LogP contribution in [-0.2, 0) is 10.0 Å². The van der Waals surface area contributed by atoms with E-state index in [1.54, 1.807) is 12.4 Å². The minimum atomic E-state index is -3.18. The number of piperazine rings is 1. The summed E-state index contributed by atoms with van der Waals surface area (Å²) < 4.78 is 25.1. The van der Waals surface area contributed by atoms with Gasteiger partial charge < -0.3 is 10.4 Å². The largest absolute Gasteiger partial charge is 0.412 e. The van der Waals surface area contributed by atoms with Crippen LogP contribution in [0, 0.1) is 0 Å². The molecule has 1 aliphatic heterocycles. The maximum Gasteiger partial charge on any atom is 0.211 e. The molecule has 2 aromatic heterocycles. The minimum absolute atomic E-state index is 0. The molecule has 10 heteroatoms. The third-order valence-electron chi connectivity index (χ3n) is 4.86. The number of H-pyrrole nitrogens is 1. The van der Waals surface area contributed by atoms with Crippen molar-refractivity contribution >= 4 is 27.4 Å². The first kappa shape index (κ1) is 21.3. The summed E-state index contributed by atoms with van der Waals surface area (Å²) in [6.45, 7) is 2.04. The number of hydrogen-bond donors (Lipinski definition) is 1. The Morgan fingerprint density at radius 1 is 0.966 bits per heavy atom. The van der Waals surface area contributed by atoms with Gasteiger partial charge in [0.25, 0.3) is 0 Å². The smallest absolute Gasteiger partial charge is 0.211 e. The standard InChI is InChI=1S/C19H20ClN5O2S.H2O/c1-28(26,27)25-12-10-24(11-13-25)19-17(14-6-8-21-9-7-14)18(22-23-19)15-2-4-16(20)5-3-15;/h2-9H,10-13H2,1H3,(H,22,23);1H2. The van der Waals surface area contributed by atoms with Crippen molar-refractivity contribution in [2.75, 3.05) is 37.3 Å². The summed E-state index contributed by atoms with van der Waals surface area (Å²) in [5.74, 6) is 0.810. The van der Waals surface area contributed by atoms with E-state index in [1.165, 1.54) is 10.6 Å². The zero-order valence-corrected chi connectivity index (χ0v) is 17.4. The molecule has 1 saturated heterocycles. The van der Waals surface area contributed by atoms with E-state index >= 15 is 0 Å². The van der Waals surface area contributed by atoms with Crippen molar-refractivity contribution in [1.82, 2.24) is 19.5 Å². The highest BCUT2D eigenvalue weighted by molar-refractivity contribution is 7.88. The lowest BCUT2D eigenvalue weighted by Gasteiger charge is -2.33. The van der Waals surface area contributed by atoms with Crippen LogP contribution in [0.2, 0.25) is 5.02 Å². The zero-order chi connectivity index (χ0) is 19.7. The molecule has 0 unspecified atom stereocenters. The lowest BCUT2D eigenvalue weighted by atomic mass is 10.0. The fourth-order valence-corrected chi connectivity index (χ4v) is 4.36. The van der Waals surface area contributed by atoms with Crippen molar-refractivity contribution in [1.29, 1.82) is 0 Å². The highest BCUT2D eigenvalue weighted by Crippen LogP contribution is 2.38. The molecule has 4 rings (SSSR count). The molecular weight excluding hydrogens is 414 g/mol. The van der Waals surface area contributed by atoms with Gasteiger partial charge in [-0.3, -0.25) is 10.1 Å². The Bertz CT molecular complexity index is 1060. The van der Waals surface area contributed by atoms with E-state index in [0.717, 1.165) is 28.2 Å². The molecule has 1 fully saturated rings. The van der Waals surface area contributed by atoms with E-state index in [-0.39, 0.29) is 5.48 Å². The second-order valence-electron chi connectivity index (χ2n) is 6.69. The van der Waals surface area contributed by atoms with Gasteiger partial charge in [0.15, 0.2) is 5.82 Å².